The number of imidazole rings is 1. The van der Waals surface area contributed by atoms with Crippen LogP contribution in [0.3, 0.4) is 0 Å². The Morgan fingerprint density at radius 3 is 3.18 bits per heavy atom. The van der Waals surface area contributed by atoms with Gasteiger partial charge in [0, 0.05) is 6.54 Å². The number of fused-ring (bicyclic) bond motifs is 1. The second kappa shape index (κ2) is 4.22. The van der Waals surface area contributed by atoms with Gasteiger partial charge in [0.25, 0.3) is 0 Å². The van der Waals surface area contributed by atoms with Crippen molar-refractivity contribution >= 4 is 22.8 Å². The molecule has 1 saturated heterocycles. The van der Waals surface area contributed by atoms with Gasteiger partial charge in [-0.2, -0.15) is 11.8 Å². The van der Waals surface area contributed by atoms with Gasteiger partial charge in [-0.05, 0) is 42.0 Å². The van der Waals surface area contributed by atoms with E-state index in [2.05, 4.69) is 4.98 Å². The zero-order valence-electron chi connectivity index (χ0n) is 9.28. The normalized spacial score (nSPS) is 20.2. The molecule has 1 atom stereocenters. The minimum atomic E-state index is -0.317. The first-order chi connectivity index (χ1) is 8.24. The Hall–Kier alpha value is -1.23. The molecular weight excluding hydrogens is 239 g/mol. The van der Waals surface area contributed by atoms with E-state index < -0.39 is 0 Å². The first-order valence-corrected chi connectivity index (χ1v) is 6.85. The molecular formula is C12H13FN2OS. The van der Waals surface area contributed by atoms with Gasteiger partial charge in [0.15, 0.2) is 0 Å². The van der Waals surface area contributed by atoms with Gasteiger partial charge in [0.2, 0.25) is 0 Å². The van der Waals surface area contributed by atoms with E-state index in [1.807, 2.05) is 11.8 Å². The van der Waals surface area contributed by atoms with Gasteiger partial charge in [-0.1, -0.05) is 0 Å². The fourth-order valence-electron chi connectivity index (χ4n) is 2.30. The Labute approximate surface area is 102 Å². The second-order valence-corrected chi connectivity index (χ2v) is 5.58. The van der Waals surface area contributed by atoms with Crippen molar-refractivity contribution in [2.75, 3.05) is 11.5 Å². The van der Waals surface area contributed by atoms with E-state index in [4.69, 9.17) is 0 Å². The number of halogens is 1. The van der Waals surface area contributed by atoms with Crippen LogP contribution in [0.5, 0.6) is 0 Å². The highest BCUT2D eigenvalue weighted by Gasteiger charge is 2.18. The Bertz CT molecular complexity index is 598. The molecule has 0 spiro atoms. The number of aromatic nitrogens is 2. The average Bonchev–Trinajstić information content (AvgIpc) is 2.88. The molecule has 17 heavy (non-hydrogen) atoms. The Morgan fingerprint density at radius 1 is 1.53 bits per heavy atom. The Kier molecular flexibility index (Phi) is 2.70. The first-order valence-electron chi connectivity index (χ1n) is 5.70. The van der Waals surface area contributed by atoms with Crippen molar-refractivity contribution < 1.29 is 4.39 Å². The van der Waals surface area contributed by atoms with E-state index in [-0.39, 0.29) is 11.5 Å². The number of hydrogen-bond acceptors (Lipinski definition) is 2. The van der Waals surface area contributed by atoms with Crippen LogP contribution in [0.25, 0.3) is 11.0 Å². The maximum Gasteiger partial charge on any atom is 0.326 e. The molecule has 0 aliphatic carbocycles. The third-order valence-electron chi connectivity index (χ3n) is 3.20. The van der Waals surface area contributed by atoms with Gasteiger partial charge >= 0.3 is 5.69 Å². The summed E-state index contributed by atoms with van der Waals surface area (Å²) < 4.78 is 14.8. The van der Waals surface area contributed by atoms with Crippen LogP contribution in [-0.4, -0.2) is 21.1 Å². The number of benzene rings is 1. The van der Waals surface area contributed by atoms with Crippen molar-refractivity contribution in [3.63, 3.8) is 0 Å². The third kappa shape index (κ3) is 1.99. The predicted molar refractivity (Wildman–Crippen MR) is 67.9 cm³/mol. The van der Waals surface area contributed by atoms with Crippen LogP contribution in [0, 0.1) is 11.7 Å². The van der Waals surface area contributed by atoms with E-state index >= 15 is 0 Å². The molecule has 1 N–H and O–H groups in total. The number of hydrogen-bond donors (Lipinski definition) is 1. The van der Waals surface area contributed by atoms with Crippen molar-refractivity contribution in [2.24, 2.45) is 5.92 Å². The third-order valence-corrected chi connectivity index (χ3v) is 4.43. The topological polar surface area (TPSA) is 37.8 Å². The van der Waals surface area contributed by atoms with Crippen LogP contribution in [0.4, 0.5) is 4.39 Å². The summed E-state index contributed by atoms with van der Waals surface area (Å²) in [7, 11) is 0. The van der Waals surface area contributed by atoms with Crippen molar-refractivity contribution in [1.82, 2.24) is 9.55 Å². The molecule has 3 rings (SSSR count). The summed E-state index contributed by atoms with van der Waals surface area (Å²) >= 11 is 1.93. The van der Waals surface area contributed by atoms with Crippen molar-refractivity contribution in [1.29, 1.82) is 0 Å². The summed E-state index contributed by atoms with van der Waals surface area (Å²) in [6, 6.07) is 4.44. The van der Waals surface area contributed by atoms with Gasteiger partial charge in [-0.25, -0.2) is 9.18 Å². The Balaban J connectivity index is 2.02. The highest BCUT2D eigenvalue weighted by molar-refractivity contribution is 7.99. The van der Waals surface area contributed by atoms with Crippen LogP contribution in [0.2, 0.25) is 0 Å². The lowest BCUT2D eigenvalue weighted by Crippen LogP contribution is -2.21. The molecule has 0 saturated carbocycles. The van der Waals surface area contributed by atoms with E-state index in [0.29, 0.717) is 11.4 Å². The molecule has 1 fully saturated rings. The SMILES string of the molecule is O=c1[nH]c2cc(F)ccc2n1CC1CCSC1. The summed E-state index contributed by atoms with van der Waals surface area (Å²) in [5.74, 6) is 2.53. The molecule has 2 heterocycles. The number of H-pyrrole nitrogens is 1. The molecule has 1 aromatic heterocycles. The van der Waals surface area contributed by atoms with E-state index in [0.717, 1.165) is 24.2 Å². The molecule has 1 aliphatic rings. The average molecular weight is 252 g/mol. The number of nitrogens with one attached hydrogen (secondary N) is 1. The standard InChI is InChI=1S/C12H13FN2OS/c13-9-1-2-11-10(5-9)14-12(16)15(11)6-8-3-4-17-7-8/h1-2,5,8H,3-4,6-7H2,(H,14,16). The fraction of sp³-hybridized carbons (Fsp3) is 0.417. The zero-order valence-corrected chi connectivity index (χ0v) is 10.1. The van der Waals surface area contributed by atoms with Crippen LogP contribution in [0.15, 0.2) is 23.0 Å². The molecule has 0 radical (unpaired) electrons. The molecule has 90 valence electrons. The summed E-state index contributed by atoms with van der Waals surface area (Å²) in [5, 5.41) is 0. The summed E-state index contributed by atoms with van der Waals surface area (Å²) in [4.78, 5) is 14.5. The molecule has 3 nitrogen and oxygen atoms in total. The number of thioether (sulfide) groups is 1. The van der Waals surface area contributed by atoms with Gasteiger partial charge < -0.3 is 4.98 Å². The van der Waals surface area contributed by atoms with Gasteiger partial charge in [0.05, 0.1) is 11.0 Å². The van der Waals surface area contributed by atoms with E-state index in [1.165, 1.54) is 17.9 Å². The van der Waals surface area contributed by atoms with Crippen molar-refractivity contribution in [3.8, 4) is 0 Å². The molecule has 1 unspecified atom stereocenters. The molecule has 5 heteroatoms. The minimum Gasteiger partial charge on any atom is -0.305 e. The smallest absolute Gasteiger partial charge is 0.305 e. The summed E-state index contributed by atoms with van der Waals surface area (Å²) in [6.45, 7) is 0.734. The number of aromatic amines is 1. The molecule has 1 aromatic carbocycles. The highest BCUT2D eigenvalue weighted by atomic mass is 32.2. The van der Waals surface area contributed by atoms with E-state index in [1.54, 1.807) is 10.6 Å². The first kappa shape index (κ1) is 10.9. The van der Waals surface area contributed by atoms with Gasteiger partial charge in [-0.15, -0.1) is 0 Å². The van der Waals surface area contributed by atoms with Crippen molar-refractivity contribution in [2.45, 2.75) is 13.0 Å². The fourth-order valence-corrected chi connectivity index (χ4v) is 3.57. The van der Waals surface area contributed by atoms with Gasteiger partial charge in [0.1, 0.15) is 5.82 Å². The van der Waals surface area contributed by atoms with Crippen LogP contribution >= 0.6 is 11.8 Å². The second-order valence-electron chi connectivity index (χ2n) is 4.43. The maximum atomic E-state index is 13.0. The molecule has 0 bridgehead atoms. The highest BCUT2D eigenvalue weighted by Crippen LogP contribution is 2.25. The maximum absolute atomic E-state index is 13.0. The predicted octanol–water partition coefficient (Wildman–Crippen LogP) is 2.22. The lowest BCUT2D eigenvalue weighted by molar-refractivity contribution is 0.492. The lowest BCUT2D eigenvalue weighted by atomic mass is 10.1. The summed E-state index contributed by atoms with van der Waals surface area (Å²) in [5.41, 5.74) is 1.25. The van der Waals surface area contributed by atoms with Crippen LogP contribution in [-0.2, 0) is 6.54 Å². The summed E-state index contributed by atoms with van der Waals surface area (Å²) in [6.07, 6.45) is 1.16. The van der Waals surface area contributed by atoms with Crippen LogP contribution in [0.1, 0.15) is 6.42 Å². The largest absolute Gasteiger partial charge is 0.326 e. The monoisotopic (exact) mass is 252 g/mol. The molecule has 0 amide bonds. The van der Waals surface area contributed by atoms with Crippen molar-refractivity contribution in [3.05, 3.63) is 34.5 Å². The number of nitrogens with zero attached hydrogens (tertiary/aromatic N) is 1. The van der Waals surface area contributed by atoms with E-state index in [9.17, 15) is 9.18 Å². The Morgan fingerprint density at radius 2 is 2.41 bits per heavy atom. The zero-order chi connectivity index (χ0) is 11.8. The molecule has 1 aliphatic heterocycles. The lowest BCUT2D eigenvalue weighted by Gasteiger charge is -2.09. The van der Waals surface area contributed by atoms with Crippen LogP contribution < -0.4 is 5.69 Å². The minimum absolute atomic E-state index is 0.137. The quantitative estimate of drug-likeness (QED) is 0.890. The molecule has 2 aromatic rings. The number of rotatable bonds is 2. The van der Waals surface area contributed by atoms with Gasteiger partial charge in [-0.3, -0.25) is 4.57 Å².